The molecule has 2 heterocycles. The molecule has 28 heavy (non-hydrogen) atoms. The van der Waals surface area contributed by atoms with Crippen molar-refractivity contribution in [2.24, 2.45) is 0 Å². The summed E-state index contributed by atoms with van der Waals surface area (Å²) in [5, 5.41) is 15.1. The van der Waals surface area contributed by atoms with Gasteiger partial charge in [0.1, 0.15) is 0 Å². The van der Waals surface area contributed by atoms with E-state index >= 15 is 0 Å². The fourth-order valence-corrected chi connectivity index (χ4v) is 3.58. The molecule has 0 saturated carbocycles. The van der Waals surface area contributed by atoms with Crippen molar-refractivity contribution in [1.82, 2.24) is 30.4 Å². The van der Waals surface area contributed by atoms with Crippen LogP contribution in [0.1, 0.15) is 29.0 Å². The maximum atomic E-state index is 12.5. The van der Waals surface area contributed by atoms with Crippen molar-refractivity contribution >= 4 is 21.8 Å². The van der Waals surface area contributed by atoms with Crippen molar-refractivity contribution < 1.29 is 4.79 Å². The summed E-state index contributed by atoms with van der Waals surface area (Å²) in [6.45, 7) is 2.86. The number of nitrogens with one attached hydrogen (secondary N) is 1. The molecule has 0 bridgehead atoms. The Hall–Kier alpha value is -2.58. The van der Waals surface area contributed by atoms with Gasteiger partial charge in [-0.1, -0.05) is 46.3 Å². The van der Waals surface area contributed by atoms with Gasteiger partial charge in [-0.2, -0.15) is 0 Å². The van der Waals surface area contributed by atoms with Crippen LogP contribution in [0, 0.1) is 0 Å². The molecule has 0 aliphatic carbocycles. The number of nitrogens with zero attached hydrogens (tertiary/aromatic N) is 5. The van der Waals surface area contributed by atoms with Crippen LogP contribution >= 0.6 is 15.9 Å². The van der Waals surface area contributed by atoms with Crippen molar-refractivity contribution in [1.29, 1.82) is 0 Å². The molecule has 1 aliphatic heterocycles. The minimum atomic E-state index is -0.273. The fraction of sp³-hybridized carbons (Fsp3) is 0.300. The monoisotopic (exact) mass is 440 g/mol. The molecule has 1 amide bonds. The van der Waals surface area contributed by atoms with Crippen molar-refractivity contribution in [3.8, 4) is 5.69 Å². The third-order valence-corrected chi connectivity index (χ3v) is 5.37. The Labute approximate surface area is 171 Å². The highest BCUT2D eigenvalue weighted by Gasteiger charge is 2.23. The summed E-state index contributed by atoms with van der Waals surface area (Å²) in [6, 6.07) is 18.1. The number of carbonyl (C=O) groups is 1. The number of carbonyl (C=O) groups excluding carboxylic acids is 1. The van der Waals surface area contributed by atoms with E-state index in [-0.39, 0.29) is 17.8 Å². The first-order valence-electron chi connectivity index (χ1n) is 9.30. The van der Waals surface area contributed by atoms with Crippen LogP contribution in [0.15, 0.2) is 59.1 Å². The lowest BCUT2D eigenvalue weighted by molar-refractivity contribution is 0.0898. The zero-order chi connectivity index (χ0) is 19.3. The first-order valence-corrected chi connectivity index (χ1v) is 10.1. The first-order chi connectivity index (χ1) is 13.7. The number of tetrazole rings is 1. The second-order valence-corrected chi connectivity index (χ2v) is 7.80. The van der Waals surface area contributed by atoms with Crippen LogP contribution in [-0.4, -0.2) is 50.1 Å². The van der Waals surface area contributed by atoms with Crippen LogP contribution < -0.4 is 5.32 Å². The number of aromatic nitrogens is 4. The zero-order valence-electron chi connectivity index (χ0n) is 15.3. The van der Waals surface area contributed by atoms with Gasteiger partial charge < -0.3 is 5.32 Å². The fourth-order valence-electron chi connectivity index (χ4n) is 3.32. The Kier molecular flexibility index (Phi) is 5.78. The molecule has 0 spiro atoms. The van der Waals surface area contributed by atoms with Crippen LogP contribution in [0.25, 0.3) is 5.69 Å². The molecule has 8 heteroatoms. The summed E-state index contributed by atoms with van der Waals surface area (Å²) >= 11 is 3.39. The van der Waals surface area contributed by atoms with E-state index in [1.54, 1.807) is 0 Å². The van der Waals surface area contributed by atoms with Crippen LogP contribution in [0.5, 0.6) is 0 Å². The third-order valence-electron chi connectivity index (χ3n) is 4.85. The number of hydrogen-bond acceptors (Lipinski definition) is 5. The summed E-state index contributed by atoms with van der Waals surface area (Å²) in [5.41, 5.74) is 2.07. The van der Waals surface area contributed by atoms with E-state index in [9.17, 15) is 4.79 Å². The highest BCUT2D eigenvalue weighted by Crippen LogP contribution is 2.15. The minimum absolute atomic E-state index is 0.0923. The van der Waals surface area contributed by atoms with Gasteiger partial charge in [-0.15, -0.1) is 15.0 Å². The number of likely N-dealkylation sites (tertiary alicyclic amines) is 1. The molecule has 4 rings (SSSR count). The van der Waals surface area contributed by atoms with Gasteiger partial charge in [0.2, 0.25) is 0 Å². The standard InChI is InChI=1S/C20H21BrN6O/c21-16-6-8-18(9-7-16)27-24-19(23-25-27)20(28)22-17-10-12-26(13-11-17)14-15-4-2-1-3-5-15/h1-9,17H,10-14H2,(H,22,28). The molecule has 1 saturated heterocycles. The average Bonchev–Trinajstić information content (AvgIpc) is 3.21. The minimum Gasteiger partial charge on any atom is -0.346 e. The van der Waals surface area contributed by atoms with Gasteiger partial charge in [-0.3, -0.25) is 9.69 Å². The molecule has 1 aromatic heterocycles. The van der Waals surface area contributed by atoms with Gasteiger partial charge in [0.25, 0.3) is 11.7 Å². The number of rotatable bonds is 5. The number of hydrogen-bond donors (Lipinski definition) is 1. The van der Waals surface area contributed by atoms with Crippen molar-refractivity contribution in [3.63, 3.8) is 0 Å². The highest BCUT2D eigenvalue weighted by atomic mass is 79.9. The molecule has 1 aliphatic rings. The zero-order valence-corrected chi connectivity index (χ0v) is 16.9. The Morgan fingerprint density at radius 1 is 1.07 bits per heavy atom. The lowest BCUT2D eigenvalue weighted by Crippen LogP contribution is -2.44. The highest BCUT2D eigenvalue weighted by molar-refractivity contribution is 9.10. The second kappa shape index (κ2) is 8.62. The number of halogens is 1. The van der Waals surface area contributed by atoms with Gasteiger partial charge >= 0.3 is 0 Å². The second-order valence-electron chi connectivity index (χ2n) is 6.89. The Morgan fingerprint density at radius 3 is 2.50 bits per heavy atom. The molecule has 3 aromatic rings. The first kappa shape index (κ1) is 18.8. The average molecular weight is 441 g/mol. The van der Waals surface area contributed by atoms with E-state index in [0.717, 1.165) is 42.6 Å². The summed E-state index contributed by atoms with van der Waals surface area (Å²) in [7, 11) is 0. The molecule has 1 N–H and O–H groups in total. The molecule has 2 aromatic carbocycles. The summed E-state index contributed by atoms with van der Waals surface area (Å²) in [5.74, 6) is -0.181. The summed E-state index contributed by atoms with van der Waals surface area (Å²) in [4.78, 5) is 16.3. The predicted molar refractivity (Wildman–Crippen MR) is 109 cm³/mol. The maximum Gasteiger partial charge on any atom is 0.293 e. The van der Waals surface area contributed by atoms with Gasteiger partial charge in [-0.25, -0.2) is 0 Å². The van der Waals surface area contributed by atoms with Crippen LogP contribution in [0.3, 0.4) is 0 Å². The number of amides is 1. The van der Waals surface area contributed by atoms with Gasteiger partial charge in [-0.05, 0) is 47.9 Å². The molecule has 0 radical (unpaired) electrons. The van der Waals surface area contributed by atoms with Crippen LogP contribution in [-0.2, 0) is 6.54 Å². The topological polar surface area (TPSA) is 75.9 Å². The summed E-state index contributed by atoms with van der Waals surface area (Å²) in [6.07, 6.45) is 1.83. The number of benzene rings is 2. The van der Waals surface area contributed by atoms with Gasteiger partial charge in [0, 0.05) is 30.1 Å². The quantitative estimate of drug-likeness (QED) is 0.659. The summed E-state index contributed by atoms with van der Waals surface area (Å²) < 4.78 is 0.966. The van der Waals surface area contributed by atoms with E-state index in [0.29, 0.717) is 0 Å². The largest absolute Gasteiger partial charge is 0.346 e. The predicted octanol–water partition coefficient (Wildman–Crippen LogP) is 2.82. The number of piperidine rings is 1. The lowest BCUT2D eigenvalue weighted by atomic mass is 10.0. The molecule has 7 nitrogen and oxygen atoms in total. The molecule has 0 atom stereocenters. The van der Waals surface area contributed by atoms with Gasteiger partial charge in [0.05, 0.1) is 5.69 Å². The van der Waals surface area contributed by atoms with Crippen molar-refractivity contribution in [2.45, 2.75) is 25.4 Å². The molecular weight excluding hydrogens is 420 g/mol. The molecule has 144 valence electrons. The van der Waals surface area contributed by atoms with E-state index in [4.69, 9.17) is 0 Å². The Morgan fingerprint density at radius 2 is 1.79 bits per heavy atom. The van der Waals surface area contributed by atoms with E-state index < -0.39 is 0 Å². The van der Waals surface area contributed by atoms with E-state index in [1.165, 1.54) is 10.4 Å². The molecule has 0 unspecified atom stereocenters. The smallest absolute Gasteiger partial charge is 0.293 e. The lowest BCUT2D eigenvalue weighted by Gasteiger charge is -2.32. The van der Waals surface area contributed by atoms with Crippen LogP contribution in [0.4, 0.5) is 0 Å². The third kappa shape index (κ3) is 4.63. The molecular formula is C20H21BrN6O. The normalized spacial score (nSPS) is 15.5. The van der Waals surface area contributed by atoms with Crippen molar-refractivity contribution in [2.75, 3.05) is 13.1 Å². The van der Waals surface area contributed by atoms with E-state index in [2.05, 4.69) is 65.8 Å². The maximum absolute atomic E-state index is 12.5. The van der Waals surface area contributed by atoms with Gasteiger partial charge in [0.15, 0.2) is 0 Å². The molecule has 1 fully saturated rings. The van der Waals surface area contributed by atoms with Crippen LogP contribution in [0.2, 0.25) is 0 Å². The Balaban J connectivity index is 1.29. The van der Waals surface area contributed by atoms with Crippen molar-refractivity contribution in [3.05, 3.63) is 70.5 Å². The Bertz CT molecular complexity index is 919. The SMILES string of the molecule is O=C(NC1CCN(Cc2ccccc2)CC1)c1nnn(-c2ccc(Br)cc2)n1. The van der Waals surface area contributed by atoms with E-state index in [1.807, 2.05) is 30.3 Å².